The predicted octanol–water partition coefficient (Wildman–Crippen LogP) is 3.07. The van der Waals surface area contributed by atoms with Crippen LogP contribution in [0.5, 0.6) is 5.75 Å². The van der Waals surface area contributed by atoms with Crippen molar-refractivity contribution >= 4 is 6.08 Å². The second-order valence-corrected chi connectivity index (χ2v) is 6.88. The van der Waals surface area contributed by atoms with Gasteiger partial charge in [-0.3, -0.25) is 0 Å². The van der Waals surface area contributed by atoms with Crippen LogP contribution in [0.25, 0.3) is 6.08 Å². The van der Waals surface area contributed by atoms with Crippen molar-refractivity contribution in [1.29, 1.82) is 0 Å². The molecule has 0 N–H and O–H groups in total. The van der Waals surface area contributed by atoms with Gasteiger partial charge in [-0.2, -0.15) is 0 Å². The fraction of sp³-hybridized carbons (Fsp3) is 0.474. The molecule has 0 bridgehead atoms. The minimum Gasteiger partial charge on any atom is -0.491 e. The zero-order valence-corrected chi connectivity index (χ0v) is 13.6. The fourth-order valence-electron chi connectivity index (χ4n) is 2.78. The fourth-order valence-corrected chi connectivity index (χ4v) is 2.78. The molecule has 3 aliphatic rings. The summed E-state index contributed by atoms with van der Waals surface area (Å²) < 4.78 is 22.1. The molecule has 2 unspecified atom stereocenters. The lowest BCUT2D eigenvalue weighted by Gasteiger charge is -2.23. The van der Waals surface area contributed by atoms with E-state index in [0.717, 1.165) is 24.7 Å². The first-order chi connectivity index (χ1) is 11.1. The molecule has 2 fully saturated rings. The summed E-state index contributed by atoms with van der Waals surface area (Å²) in [4.78, 5) is 0. The summed E-state index contributed by atoms with van der Waals surface area (Å²) in [6.07, 6.45) is 6.85. The maximum Gasteiger partial charge on any atom is 0.119 e. The first kappa shape index (κ1) is 14.8. The molecule has 0 aromatic heterocycles. The zero-order chi connectivity index (χ0) is 15.9. The van der Waals surface area contributed by atoms with E-state index in [2.05, 4.69) is 38.1 Å². The average Bonchev–Trinajstić information content (AvgIpc) is 3.40. The molecule has 122 valence electrons. The molecule has 1 aromatic carbocycles. The van der Waals surface area contributed by atoms with Gasteiger partial charge in [0.05, 0.1) is 13.2 Å². The van der Waals surface area contributed by atoms with Crippen molar-refractivity contribution in [3.05, 3.63) is 47.2 Å². The Labute approximate surface area is 136 Å². The van der Waals surface area contributed by atoms with Gasteiger partial charge in [-0.1, -0.05) is 26.0 Å². The molecule has 2 atom stereocenters. The summed E-state index contributed by atoms with van der Waals surface area (Å²) in [6, 6.07) is 6.26. The summed E-state index contributed by atoms with van der Waals surface area (Å²) in [5.74, 6) is 1.79. The van der Waals surface area contributed by atoms with Gasteiger partial charge in [0.25, 0.3) is 0 Å². The Hall–Kier alpha value is -1.78. The van der Waals surface area contributed by atoms with Crippen LogP contribution in [0.3, 0.4) is 0 Å². The zero-order valence-electron chi connectivity index (χ0n) is 13.6. The van der Waals surface area contributed by atoms with Crippen LogP contribution in [0, 0.1) is 0 Å². The van der Waals surface area contributed by atoms with E-state index in [-0.39, 0.29) is 17.6 Å². The SMILES string of the molecule is CC1(C)C=C(OCC2CO2)C=Cc2ccc(OCC3CO3)cc21. The third-order valence-corrected chi connectivity index (χ3v) is 4.33. The van der Waals surface area contributed by atoms with Crippen molar-refractivity contribution in [3.8, 4) is 5.75 Å². The lowest BCUT2D eigenvalue weighted by molar-refractivity contribution is 0.191. The average molecular weight is 314 g/mol. The van der Waals surface area contributed by atoms with Gasteiger partial charge in [-0.15, -0.1) is 0 Å². The topological polar surface area (TPSA) is 43.5 Å². The molecule has 23 heavy (non-hydrogen) atoms. The highest BCUT2D eigenvalue weighted by Gasteiger charge is 2.27. The monoisotopic (exact) mass is 314 g/mol. The maximum absolute atomic E-state index is 5.87. The van der Waals surface area contributed by atoms with Gasteiger partial charge >= 0.3 is 0 Å². The van der Waals surface area contributed by atoms with Gasteiger partial charge in [-0.05, 0) is 35.4 Å². The van der Waals surface area contributed by atoms with E-state index >= 15 is 0 Å². The van der Waals surface area contributed by atoms with Gasteiger partial charge in [0.15, 0.2) is 0 Å². The lowest BCUT2D eigenvalue weighted by atomic mass is 9.82. The van der Waals surface area contributed by atoms with E-state index in [9.17, 15) is 0 Å². The maximum atomic E-state index is 5.87. The van der Waals surface area contributed by atoms with Gasteiger partial charge in [0, 0.05) is 5.41 Å². The highest BCUT2D eigenvalue weighted by molar-refractivity contribution is 5.62. The first-order valence-electron chi connectivity index (χ1n) is 8.14. The van der Waals surface area contributed by atoms with Crippen molar-refractivity contribution in [3.63, 3.8) is 0 Å². The number of fused-ring (bicyclic) bond motifs is 1. The van der Waals surface area contributed by atoms with Gasteiger partial charge in [0.1, 0.15) is 36.9 Å². The molecule has 1 aromatic rings. The van der Waals surface area contributed by atoms with Crippen LogP contribution in [-0.4, -0.2) is 38.6 Å². The predicted molar refractivity (Wildman–Crippen MR) is 87.5 cm³/mol. The van der Waals surface area contributed by atoms with Gasteiger partial charge < -0.3 is 18.9 Å². The number of hydrogen-bond acceptors (Lipinski definition) is 4. The van der Waals surface area contributed by atoms with E-state index in [1.165, 1.54) is 11.1 Å². The Bertz CT molecular complexity index is 651. The van der Waals surface area contributed by atoms with Crippen LogP contribution < -0.4 is 4.74 Å². The Kier molecular flexibility index (Phi) is 3.66. The van der Waals surface area contributed by atoms with E-state index in [1.54, 1.807) is 0 Å². The second-order valence-electron chi connectivity index (χ2n) is 6.88. The Balaban J connectivity index is 1.54. The number of rotatable bonds is 6. The molecule has 2 saturated heterocycles. The minimum atomic E-state index is -0.131. The molecule has 0 saturated carbocycles. The Morgan fingerprint density at radius 2 is 1.74 bits per heavy atom. The van der Waals surface area contributed by atoms with Crippen LogP contribution in [0.15, 0.2) is 36.1 Å². The summed E-state index contributed by atoms with van der Waals surface area (Å²) in [7, 11) is 0. The van der Waals surface area contributed by atoms with Crippen LogP contribution >= 0.6 is 0 Å². The van der Waals surface area contributed by atoms with Crippen molar-refractivity contribution in [2.24, 2.45) is 0 Å². The number of ether oxygens (including phenoxy) is 4. The van der Waals surface area contributed by atoms with E-state index in [0.29, 0.717) is 13.2 Å². The first-order valence-corrected chi connectivity index (χ1v) is 8.14. The van der Waals surface area contributed by atoms with Crippen molar-refractivity contribution in [1.82, 2.24) is 0 Å². The minimum absolute atomic E-state index is 0.131. The molecule has 4 heteroatoms. The molecule has 0 amide bonds. The van der Waals surface area contributed by atoms with Crippen molar-refractivity contribution < 1.29 is 18.9 Å². The standard InChI is InChI=1S/C19H22O4/c1-19(2)8-15(21-10-17-12-23-17)6-4-13-3-5-14(7-18(13)19)20-9-16-11-22-16/h3-8,16-17H,9-12H2,1-2H3. The molecule has 2 aliphatic heterocycles. The lowest BCUT2D eigenvalue weighted by Crippen LogP contribution is -2.16. The molecular weight excluding hydrogens is 292 g/mol. The van der Waals surface area contributed by atoms with Crippen LogP contribution in [0.4, 0.5) is 0 Å². The van der Waals surface area contributed by atoms with Gasteiger partial charge in [-0.25, -0.2) is 0 Å². The second kappa shape index (κ2) is 5.69. The largest absolute Gasteiger partial charge is 0.491 e. The summed E-state index contributed by atoms with van der Waals surface area (Å²) >= 11 is 0. The number of benzene rings is 1. The summed E-state index contributed by atoms with van der Waals surface area (Å²) in [6.45, 7) is 7.27. The quantitative estimate of drug-likeness (QED) is 0.757. The third-order valence-electron chi connectivity index (χ3n) is 4.33. The summed E-state index contributed by atoms with van der Waals surface area (Å²) in [5.41, 5.74) is 2.31. The van der Waals surface area contributed by atoms with E-state index in [4.69, 9.17) is 18.9 Å². The molecule has 2 heterocycles. The van der Waals surface area contributed by atoms with Crippen LogP contribution in [-0.2, 0) is 19.6 Å². The van der Waals surface area contributed by atoms with Crippen LogP contribution in [0.2, 0.25) is 0 Å². The van der Waals surface area contributed by atoms with Crippen molar-refractivity contribution in [2.75, 3.05) is 26.4 Å². The van der Waals surface area contributed by atoms with Crippen molar-refractivity contribution in [2.45, 2.75) is 31.5 Å². The molecule has 1 aliphatic carbocycles. The smallest absolute Gasteiger partial charge is 0.119 e. The normalized spacial score (nSPS) is 26.8. The van der Waals surface area contributed by atoms with Crippen LogP contribution in [0.1, 0.15) is 25.0 Å². The van der Waals surface area contributed by atoms with E-state index in [1.807, 2.05) is 12.1 Å². The molecular formula is C19H22O4. The highest BCUT2D eigenvalue weighted by Crippen LogP contribution is 2.35. The van der Waals surface area contributed by atoms with E-state index < -0.39 is 0 Å². The molecule has 0 radical (unpaired) electrons. The summed E-state index contributed by atoms with van der Waals surface area (Å²) in [5, 5.41) is 0. The number of allylic oxidation sites excluding steroid dienone is 2. The number of hydrogen-bond donors (Lipinski definition) is 0. The molecule has 0 spiro atoms. The molecule has 4 rings (SSSR count). The third kappa shape index (κ3) is 3.59. The highest BCUT2D eigenvalue weighted by atomic mass is 16.6. The molecule has 4 nitrogen and oxygen atoms in total. The number of epoxide rings is 2. The van der Waals surface area contributed by atoms with Gasteiger partial charge in [0.2, 0.25) is 0 Å². The Morgan fingerprint density at radius 1 is 1.04 bits per heavy atom. The Morgan fingerprint density at radius 3 is 2.43 bits per heavy atom.